The highest BCUT2D eigenvalue weighted by Crippen LogP contribution is 2.25. The highest BCUT2D eigenvalue weighted by atomic mass is 16.1. The van der Waals surface area contributed by atoms with Crippen LogP contribution in [0.4, 0.5) is 5.69 Å². The van der Waals surface area contributed by atoms with Gasteiger partial charge in [0, 0.05) is 36.2 Å². The van der Waals surface area contributed by atoms with E-state index in [0.717, 1.165) is 47.5 Å². The lowest BCUT2D eigenvalue weighted by molar-refractivity contribution is 0.0950. The van der Waals surface area contributed by atoms with Crippen molar-refractivity contribution < 1.29 is 4.79 Å². The number of hydrogen-bond donors (Lipinski definition) is 2. The van der Waals surface area contributed by atoms with E-state index >= 15 is 0 Å². The van der Waals surface area contributed by atoms with Crippen LogP contribution in [0.1, 0.15) is 33.6 Å². The lowest BCUT2D eigenvalue weighted by atomic mass is 9.97. The van der Waals surface area contributed by atoms with Gasteiger partial charge in [-0.05, 0) is 49.1 Å². The highest BCUT2D eigenvalue weighted by Gasteiger charge is 2.16. The molecule has 1 aromatic carbocycles. The second kappa shape index (κ2) is 5.95. The number of carbonyl (C=O) groups excluding carboxylic acids is 1. The number of anilines is 1. The zero-order chi connectivity index (χ0) is 14.7. The third-order valence-corrected chi connectivity index (χ3v) is 3.77. The zero-order valence-electron chi connectivity index (χ0n) is 12.1. The van der Waals surface area contributed by atoms with Crippen LogP contribution in [0.25, 0.3) is 0 Å². The van der Waals surface area contributed by atoms with Crippen molar-refractivity contribution in [1.29, 1.82) is 0 Å². The number of nitrogens with one attached hydrogen (secondary N) is 2. The molecular formula is C17H19N3O. The fourth-order valence-electron chi connectivity index (χ4n) is 2.60. The number of hydrogen-bond acceptors (Lipinski definition) is 3. The molecule has 2 N–H and O–H groups in total. The molecule has 21 heavy (non-hydrogen) atoms. The van der Waals surface area contributed by atoms with Crippen molar-refractivity contribution in [2.24, 2.45) is 0 Å². The van der Waals surface area contributed by atoms with Gasteiger partial charge in [-0.25, -0.2) is 0 Å². The topological polar surface area (TPSA) is 54.0 Å². The molecule has 0 saturated carbocycles. The Hall–Kier alpha value is -2.36. The van der Waals surface area contributed by atoms with Crippen LogP contribution in [0.15, 0.2) is 36.5 Å². The average molecular weight is 281 g/mol. The Morgan fingerprint density at radius 1 is 1.33 bits per heavy atom. The smallest absolute Gasteiger partial charge is 0.251 e. The number of rotatable bonds is 3. The zero-order valence-corrected chi connectivity index (χ0v) is 12.1. The van der Waals surface area contributed by atoms with Crippen LogP contribution < -0.4 is 10.6 Å². The maximum absolute atomic E-state index is 12.4. The molecule has 0 unspecified atom stereocenters. The van der Waals surface area contributed by atoms with Crippen molar-refractivity contribution in [3.05, 3.63) is 58.9 Å². The Labute approximate surface area is 124 Å². The minimum Gasteiger partial charge on any atom is -0.385 e. The second-order valence-corrected chi connectivity index (χ2v) is 5.35. The van der Waals surface area contributed by atoms with E-state index in [0.29, 0.717) is 6.54 Å². The molecule has 1 aliphatic rings. The normalized spacial score (nSPS) is 13.2. The first-order chi connectivity index (χ1) is 10.2. The third kappa shape index (κ3) is 3.05. The van der Waals surface area contributed by atoms with E-state index in [4.69, 9.17) is 0 Å². The molecule has 108 valence electrons. The van der Waals surface area contributed by atoms with E-state index in [1.54, 1.807) is 6.20 Å². The monoisotopic (exact) mass is 281 g/mol. The first kappa shape index (κ1) is 13.6. The second-order valence-electron chi connectivity index (χ2n) is 5.35. The summed E-state index contributed by atoms with van der Waals surface area (Å²) in [5.41, 5.74) is 4.99. The van der Waals surface area contributed by atoms with Gasteiger partial charge in [0.2, 0.25) is 0 Å². The predicted molar refractivity (Wildman–Crippen MR) is 83.4 cm³/mol. The fraction of sp³-hybridized carbons (Fsp3) is 0.294. The molecule has 0 fully saturated rings. The van der Waals surface area contributed by atoms with Gasteiger partial charge in [0.1, 0.15) is 0 Å². The molecule has 1 aliphatic heterocycles. The molecule has 1 amide bonds. The summed E-state index contributed by atoms with van der Waals surface area (Å²) in [4.78, 5) is 16.6. The van der Waals surface area contributed by atoms with Gasteiger partial charge < -0.3 is 10.6 Å². The van der Waals surface area contributed by atoms with Crippen LogP contribution in [-0.2, 0) is 13.0 Å². The summed E-state index contributed by atoms with van der Waals surface area (Å²) in [6, 6.07) is 9.81. The summed E-state index contributed by atoms with van der Waals surface area (Å²) in [5.74, 6) is -0.0175. The first-order valence-electron chi connectivity index (χ1n) is 7.29. The van der Waals surface area contributed by atoms with Gasteiger partial charge in [-0.3, -0.25) is 9.78 Å². The number of fused-ring (bicyclic) bond motifs is 1. The molecular weight excluding hydrogens is 262 g/mol. The molecule has 0 saturated heterocycles. The van der Waals surface area contributed by atoms with E-state index in [1.165, 1.54) is 0 Å². The average Bonchev–Trinajstić information content (AvgIpc) is 2.53. The van der Waals surface area contributed by atoms with Gasteiger partial charge >= 0.3 is 0 Å². The molecule has 2 heterocycles. The molecule has 4 nitrogen and oxygen atoms in total. The van der Waals surface area contributed by atoms with E-state index in [1.807, 2.05) is 37.3 Å². The minimum absolute atomic E-state index is 0.0175. The van der Waals surface area contributed by atoms with Gasteiger partial charge in [0.05, 0.1) is 0 Å². The summed E-state index contributed by atoms with van der Waals surface area (Å²) >= 11 is 0. The molecule has 1 aromatic heterocycles. The van der Waals surface area contributed by atoms with Crippen LogP contribution in [-0.4, -0.2) is 17.4 Å². The number of nitrogens with zero attached hydrogens (tertiary/aromatic N) is 1. The van der Waals surface area contributed by atoms with Gasteiger partial charge in [0.15, 0.2) is 0 Å². The van der Waals surface area contributed by atoms with E-state index in [9.17, 15) is 4.79 Å². The largest absolute Gasteiger partial charge is 0.385 e. The Bertz CT molecular complexity index is 650. The van der Waals surface area contributed by atoms with Gasteiger partial charge in [-0.1, -0.05) is 12.1 Å². The summed E-state index contributed by atoms with van der Waals surface area (Å²) in [6.45, 7) is 3.43. The lowest BCUT2D eigenvalue weighted by Crippen LogP contribution is -2.25. The number of amides is 1. The summed E-state index contributed by atoms with van der Waals surface area (Å²) in [5, 5.41) is 6.33. The third-order valence-electron chi connectivity index (χ3n) is 3.77. The van der Waals surface area contributed by atoms with Gasteiger partial charge in [-0.2, -0.15) is 0 Å². The highest BCUT2D eigenvalue weighted by molar-refractivity contribution is 5.97. The summed E-state index contributed by atoms with van der Waals surface area (Å²) in [6.07, 6.45) is 3.83. The quantitative estimate of drug-likeness (QED) is 0.909. The summed E-state index contributed by atoms with van der Waals surface area (Å²) in [7, 11) is 0. The number of pyridine rings is 1. The molecule has 0 aliphatic carbocycles. The molecule has 0 bridgehead atoms. The Kier molecular flexibility index (Phi) is 3.86. The molecule has 0 radical (unpaired) electrons. The predicted octanol–water partition coefficient (Wildman–Crippen LogP) is 2.68. The van der Waals surface area contributed by atoms with Crippen LogP contribution in [0.2, 0.25) is 0 Å². The maximum atomic E-state index is 12.4. The van der Waals surface area contributed by atoms with Crippen LogP contribution in [0.3, 0.4) is 0 Å². The lowest BCUT2D eigenvalue weighted by Gasteiger charge is -2.20. The van der Waals surface area contributed by atoms with E-state index in [-0.39, 0.29) is 5.91 Å². The van der Waals surface area contributed by atoms with Crippen molar-refractivity contribution >= 4 is 11.6 Å². The Morgan fingerprint density at radius 3 is 3.05 bits per heavy atom. The Morgan fingerprint density at radius 2 is 2.24 bits per heavy atom. The SMILES string of the molecule is Cc1ccc(CNC(=O)c2cccc3c2CCCN3)cn1. The van der Waals surface area contributed by atoms with E-state index in [2.05, 4.69) is 15.6 Å². The fourth-order valence-corrected chi connectivity index (χ4v) is 2.60. The van der Waals surface area contributed by atoms with Crippen molar-refractivity contribution in [2.45, 2.75) is 26.3 Å². The van der Waals surface area contributed by atoms with Crippen molar-refractivity contribution in [2.75, 3.05) is 11.9 Å². The number of carbonyl (C=O) groups is 1. The minimum atomic E-state index is -0.0175. The molecule has 0 spiro atoms. The number of aryl methyl sites for hydroxylation is 1. The van der Waals surface area contributed by atoms with Gasteiger partial charge in [0.25, 0.3) is 5.91 Å². The Balaban J connectivity index is 1.72. The number of benzene rings is 1. The van der Waals surface area contributed by atoms with Crippen molar-refractivity contribution in [1.82, 2.24) is 10.3 Å². The maximum Gasteiger partial charge on any atom is 0.251 e. The molecule has 0 atom stereocenters. The summed E-state index contributed by atoms with van der Waals surface area (Å²) < 4.78 is 0. The van der Waals surface area contributed by atoms with Crippen LogP contribution >= 0.6 is 0 Å². The standard InChI is InChI=1S/C17H19N3O/c1-12-7-8-13(10-19-12)11-20-17(21)15-4-2-6-16-14(15)5-3-9-18-16/h2,4,6-8,10,18H,3,5,9,11H2,1H3,(H,20,21). The molecule has 4 heteroatoms. The first-order valence-corrected chi connectivity index (χ1v) is 7.29. The van der Waals surface area contributed by atoms with Crippen molar-refractivity contribution in [3.63, 3.8) is 0 Å². The number of aromatic nitrogens is 1. The van der Waals surface area contributed by atoms with Crippen LogP contribution in [0.5, 0.6) is 0 Å². The van der Waals surface area contributed by atoms with Crippen LogP contribution in [0, 0.1) is 6.92 Å². The van der Waals surface area contributed by atoms with E-state index < -0.39 is 0 Å². The van der Waals surface area contributed by atoms with Crippen molar-refractivity contribution in [3.8, 4) is 0 Å². The molecule has 3 rings (SSSR count). The van der Waals surface area contributed by atoms with Gasteiger partial charge in [-0.15, -0.1) is 0 Å². The molecule has 2 aromatic rings.